The van der Waals surface area contributed by atoms with Gasteiger partial charge in [-0.25, -0.2) is 15.0 Å². The van der Waals surface area contributed by atoms with Crippen molar-refractivity contribution in [1.29, 1.82) is 0 Å². The van der Waals surface area contributed by atoms with Crippen LogP contribution in [0.2, 0.25) is 0 Å². The highest BCUT2D eigenvalue weighted by atomic mass is 16.5. The molecule has 1 aliphatic carbocycles. The van der Waals surface area contributed by atoms with Gasteiger partial charge < -0.3 is 20.3 Å². The van der Waals surface area contributed by atoms with Crippen molar-refractivity contribution in [3.63, 3.8) is 0 Å². The van der Waals surface area contributed by atoms with E-state index < -0.39 is 0 Å². The number of hydrogen-bond acceptors (Lipinski definition) is 5. The summed E-state index contributed by atoms with van der Waals surface area (Å²) in [6.45, 7) is 6.31. The molecule has 1 saturated heterocycles. The fraction of sp³-hybridized carbons (Fsp3) is 0.522. The molecule has 0 atom stereocenters. The SMILES string of the molecule is CCNC(=NCc1ccnc(OCC2CC2)c1)NC1CCN(c2ccccn2)CC1. The van der Waals surface area contributed by atoms with Gasteiger partial charge in [-0.2, -0.15) is 0 Å². The molecule has 2 N–H and O–H groups in total. The molecule has 1 saturated carbocycles. The number of aromatic nitrogens is 2. The Hall–Kier alpha value is -2.83. The zero-order valence-corrected chi connectivity index (χ0v) is 17.8. The number of guanidine groups is 1. The number of piperidine rings is 1. The fourth-order valence-electron chi connectivity index (χ4n) is 3.59. The number of aliphatic imine (C=N–C) groups is 1. The van der Waals surface area contributed by atoms with E-state index in [4.69, 9.17) is 9.73 Å². The van der Waals surface area contributed by atoms with Crippen LogP contribution in [0.25, 0.3) is 0 Å². The Morgan fingerprint density at radius 1 is 1.13 bits per heavy atom. The van der Waals surface area contributed by atoms with Gasteiger partial charge in [-0.15, -0.1) is 0 Å². The minimum Gasteiger partial charge on any atom is -0.477 e. The average molecular weight is 409 g/mol. The predicted octanol–water partition coefficient (Wildman–Crippen LogP) is 2.99. The maximum atomic E-state index is 5.79. The van der Waals surface area contributed by atoms with Crippen molar-refractivity contribution in [2.45, 2.75) is 45.2 Å². The molecule has 0 radical (unpaired) electrons. The molecule has 0 amide bonds. The smallest absolute Gasteiger partial charge is 0.213 e. The van der Waals surface area contributed by atoms with E-state index in [0.717, 1.165) is 62.3 Å². The zero-order valence-electron chi connectivity index (χ0n) is 17.8. The minimum atomic E-state index is 0.414. The van der Waals surface area contributed by atoms with Crippen LogP contribution in [0.5, 0.6) is 5.88 Å². The van der Waals surface area contributed by atoms with E-state index in [1.807, 2.05) is 30.5 Å². The molecule has 7 nitrogen and oxygen atoms in total. The van der Waals surface area contributed by atoms with E-state index >= 15 is 0 Å². The summed E-state index contributed by atoms with van der Waals surface area (Å²) in [4.78, 5) is 15.9. The lowest BCUT2D eigenvalue weighted by molar-refractivity contribution is 0.288. The minimum absolute atomic E-state index is 0.414. The highest BCUT2D eigenvalue weighted by molar-refractivity contribution is 5.80. The van der Waals surface area contributed by atoms with Gasteiger partial charge in [0.2, 0.25) is 5.88 Å². The van der Waals surface area contributed by atoms with Crippen molar-refractivity contribution in [2.24, 2.45) is 10.9 Å². The van der Waals surface area contributed by atoms with Crippen LogP contribution in [0, 0.1) is 5.92 Å². The number of nitrogens with one attached hydrogen (secondary N) is 2. The lowest BCUT2D eigenvalue weighted by Crippen LogP contribution is -2.48. The maximum Gasteiger partial charge on any atom is 0.213 e. The van der Waals surface area contributed by atoms with E-state index in [9.17, 15) is 0 Å². The third-order valence-corrected chi connectivity index (χ3v) is 5.54. The summed E-state index contributed by atoms with van der Waals surface area (Å²) in [5, 5.41) is 6.98. The number of pyridine rings is 2. The summed E-state index contributed by atoms with van der Waals surface area (Å²) in [5.41, 5.74) is 1.11. The van der Waals surface area contributed by atoms with Crippen molar-refractivity contribution >= 4 is 11.8 Å². The van der Waals surface area contributed by atoms with Crippen molar-refractivity contribution in [3.8, 4) is 5.88 Å². The van der Waals surface area contributed by atoms with Gasteiger partial charge in [0, 0.05) is 44.1 Å². The van der Waals surface area contributed by atoms with Gasteiger partial charge in [0.1, 0.15) is 5.82 Å². The molecule has 2 aromatic heterocycles. The molecule has 0 aromatic carbocycles. The van der Waals surface area contributed by atoms with Crippen molar-refractivity contribution in [3.05, 3.63) is 48.3 Å². The number of rotatable bonds is 8. The topological polar surface area (TPSA) is 74.7 Å². The van der Waals surface area contributed by atoms with Crippen LogP contribution in [-0.4, -0.2) is 48.2 Å². The monoisotopic (exact) mass is 408 g/mol. The highest BCUT2D eigenvalue weighted by Gasteiger charge is 2.22. The quantitative estimate of drug-likeness (QED) is 0.517. The van der Waals surface area contributed by atoms with Crippen molar-refractivity contribution in [1.82, 2.24) is 20.6 Å². The second-order valence-electron chi connectivity index (χ2n) is 8.05. The van der Waals surface area contributed by atoms with Crippen LogP contribution < -0.4 is 20.3 Å². The van der Waals surface area contributed by atoms with Crippen LogP contribution >= 0.6 is 0 Å². The Kier molecular flexibility index (Phi) is 7.00. The Labute approximate surface area is 179 Å². The summed E-state index contributed by atoms with van der Waals surface area (Å²) >= 11 is 0. The predicted molar refractivity (Wildman–Crippen MR) is 120 cm³/mol. The molecule has 3 heterocycles. The summed E-state index contributed by atoms with van der Waals surface area (Å²) in [7, 11) is 0. The Morgan fingerprint density at radius 2 is 2.00 bits per heavy atom. The van der Waals surface area contributed by atoms with Crippen LogP contribution in [0.15, 0.2) is 47.7 Å². The molecular weight excluding hydrogens is 376 g/mol. The van der Waals surface area contributed by atoms with E-state index in [2.05, 4.69) is 38.5 Å². The Bertz CT molecular complexity index is 815. The molecule has 2 fully saturated rings. The first-order chi connectivity index (χ1) is 14.8. The van der Waals surface area contributed by atoms with E-state index in [-0.39, 0.29) is 0 Å². The molecule has 160 valence electrons. The van der Waals surface area contributed by atoms with Crippen LogP contribution in [0.3, 0.4) is 0 Å². The van der Waals surface area contributed by atoms with Gasteiger partial charge in [0.25, 0.3) is 0 Å². The third kappa shape index (κ3) is 6.08. The Morgan fingerprint density at radius 3 is 2.73 bits per heavy atom. The van der Waals surface area contributed by atoms with Gasteiger partial charge in [0.05, 0.1) is 13.2 Å². The average Bonchev–Trinajstić information content (AvgIpc) is 3.62. The van der Waals surface area contributed by atoms with Gasteiger partial charge in [0.15, 0.2) is 5.96 Å². The summed E-state index contributed by atoms with van der Waals surface area (Å²) < 4.78 is 5.79. The first-order valence-electron chi connectivity index (χ1n) is 11.1. The van der Waals surface area contributed by atoms with Gasteiger partial charge in [-0.05, 0) is 62.3 Å². The molecule has 2 aromatic rings. The van der Waals surface area contributed by atoms with E-state index in [0.29, 0.717) is 18.5 Å². The number of anilines is 1. The molecule has 2 aliphatic rings. The molecule has 0 unspecified atom stereocenters. The fourth-order valence-corrected chi connectivity index (χ4v) is 3.59. The van der Waals surface area contributed by atoms with Crippen LogP contribution in [0.4, 0.5) is 5.82 Å². The molecule has 0 spiro atoms. The number of ether oxygens (including phenoxy) is 1. The van der Waals surface area contributed by atoms with Crippen LogP contribution in [0.1, 0.15) is 38.2 Å². The lowest BCUT2D eigenvalue weighted by atomic mass is 10.1. The maximum absolute atomic E-state index is 5.79. The lowest BCUT2D eigenvalue weighted by Gasteiger charge is -2.33. The summed E-state index contributed by atoms with van der Waals surface area (Å²) in [6, 6.07) is 10.5. The van der Waals surface area contributed by atoms with Crippen molar-refractivity contribution < 1.29 is 4.74 Å². The highest BCUT2D eigenvalue weighted by Crippen LogP contribution is 2.29. The van der Waals surface area contributed by atoms with Crippen LogP contribution in [-0.2, 0) is 6.54 Å². The van der Waals surface area contributed by atoms with E-state index in [1.165, 1.54) is 12.8 Å². The third-order valence-electron chi connectivity index (χ3n) is 5.54. The van der Waals surface area contributed by atoms with Crippen molar-refractivity contribution in [2.75, 3.05) is 31.1 Å². The molecule has 30 heavy (non-hydrogen) atoms. The van der Waals surface area contributed by atoms with Gasteiger partial charge in [-0.1, -0.05) is 6.07 Å². The first kappa shape index (κ1) is 20.4. The first-order valence-corrected chi connectivity index (χ1v) is 11.1. The molecule has 7 heteroatoms. The second kappa shape index (κ2) is 10.3. The van der Waals surface area contributed by atoms with E-state index in [1.54, 1.807) is 6.20 Å². The molecule has 1 aliphatic heterocycles. The molecular formula is C23H32N6O. The summed E-state index contributed by atoms with van der Waals surface area (Å²) in [5.74, 6) is 3.36. The largest absolute Gasteiger partial charge is 0.477 e. The summed E-state index contributed by atoms with van der Waals surface area (Å²) in [6.07, 6.45) is 8.35. The Balaban J connectivity index is 1.29. The second-order valence-corrected chi connectivity index (χ2v) is 8.05. The normalized spacial score (nSPS) is 17.6. The zero-order chi connectivity index (χ0) is 20.6. The molecule has 4 rings (SSSR count). The van der Waals surface area contributed by atoms with Gasteiger partial charge in [-0.3, -0.25) is 0 Å². The van der Waals surface area contributed by atoms with Gasteiger partial charge >= 0.3 is 0 Å². The standard InChI is InChI=1S/C23H32N6O/c1-2-24-23(27-16-19-8-12-26-22(15-19)30-17-18-6-7-18)28-20-9-13-29(14-10-20)21-5-3-4-11-25-21/h3-5,8,11-12,15,18,20H,2,6-7,9-10,13-14,16-17H2,1H3,(H2,24,27,28). The number of hydrogen-bond donors (Lipinski definition) is 2. The molecule has 0 bridgehead atoms. The number of nitrogens with zero attached hydrogens (tertiary/aromatic N) is 4.